The van der Waals surface area contributed by atoms with Gasteiger partial charge in [-0.05, 0) is 6.92 Å². The van der Waals surface area contributed by atoms with E-state index in [1.165, 1.54) is 6.92 Å². The van der Waals surface area contributed by atoms with Gasteiger partial charge in [0.05, 0.1) is 6.61 Å². The van der Waals surface area contributed by atoms with Gasteiger partial charge < -0.3 is 4.74 Å². The molecule has 14 heavy (non-hydrogen) atoms. The molecule has 1 heterocycles. The number of hydrogen-bond donors (Lipinski definition) is 0. The summed E-state index contributed by atoms with van der Waals surface area (Å²) in [5.74, 6) is -2.11. The predicted octanol–water partition coefficient (Wildman–Crippen LogP) is 1.47. The lowest BCUT2D eigenvalue weighted by atomic mass is 10.1. The van der Waals surface area contributed by atoms with Gasteiger partial charge in [0.2, 0.25) is 0 Å². The highest BCUT2D eigenvalue weighted by Crippen LogP contribution is 2.60. The summed E-state index contributed by atoms with van der Waals surface area (Å²) >= 11 is 0. The minimum atomic E-state index is -5.48. The van der Waals surface area contributed by atoms with E-state index in [4.69, 9.17) is 0 Å². The van der Waals surface area contributed by atoms with Crippen LogP contribution < -0.4 is 0 Å². The van der Waals surface area contributed by atoms with Crippen LogP contribution in [0.5, 0.6) is 0 Å². The largest absolute Gasteiger partial charge is 0.463 e. The van der Waals surface area contributed by atoms with Crippen LogP contribution in [-0.2, 0) is 14.3 Å². The van der Waals surface area contributed by atoms with Crippen LogP contribution in [0.2, 0.25) is 0 Å². The summed E-state index contributed by atoms with van der Waals surface area (Å²) in [5, 5.41) is 0. The smallest absolute Gasteiger partial charge is 0.437 e. The Morgan fingerprint density at radius 3 is 2.07 bits per heavy atom. The van der Waals surface area contributed by atoms with E-state index in [9.17, 15) is 26.7 Å². The second-order valence-corrected chi connectivity index (χ2v) is 2.52. The van der Waals surface area contributed by atoms with Crippen molar-refractivity contribution < 1.29 is 36.2 Å². The summed E-state index contributed by atoms with van der Waals surface area (Å²) in [6, 6.07) is 0. The van der Waals surface area contributed by atoms with Crippen LogP contribution in [0.4, 0.5) is 22.0 Å². The highest BCUT2D eigenvalue weighted by atomic mass is 19.4. The zero-order valence-corrected chi connectivity index (χ0v) is 6.82. The van der Waals surface area contributed by atoms with Crippen molar-refractivity contribution >= 4 is 5.97 Å². The first-order valence-electron chi connectivity index (χ1n) is 3.51. The highest BCUT2D eigenvalue weighted by molar-refractivity contribution is 5.85. The fraction of sp³-hybridized carbons (Fsp3) is 0.833. The van der Waals surface area contributed by atoms with E-state index in [0.29, 0.717) is 0 Å². The molecule has 0 bridgehead atoms. The fourth-order valence-electron chi connectivity index (χ4n) is 0.899. The number of epoxide rings is 1. The number of hydrogen-bond acceptors (Lipinski definition) is 3. The van der Waals surface area contributed by atoms with Gasteiger partial charge in [-0.3, -0.25) is 4.74 Å². The van der Waals surface area contributed by atoms with Gasteiger partial charge in [0.1, 0.15) is 0 Å². The quantitative estimate of drug-likeness (QED) is 0.402. The van der Waals surface area contributed by atoms with E-state index in [1.54, 1.807) is 0 Å². The normalized spacial score (nSPS) is 29.9. The van der Waals surface area contributed by atoms with E-state index in [-0.39, 0.29) is 0 Å². The molecule has 0 radical (unpaired) electrons. The second kappa shape index (κ2) is 2.78. The van der Waals surface area contributed by atoms with Crippen LogP contribution in [0.25, 0.3) is 0 Å². The Balaban J connectivity index is 2.94. The summed E-state index contributed by atoms with van der Waals surface area (Å²) in [5.41, 5.74) is -4.10. The number of carbonyl (C=O) groups is 1. The maximum Gasteiger partial charge on any atom is 0.437 e. The monoisotopic (exact) mass is 220 g/mol. The standard InChI is InChI=1S/C6H5F5O3/c1-2-13-3(12)4(5(7,8)9)6(10,11)14-4/h2H2,1H3. The Hall–Kier alpha value is -0.920. The molecule has 1 aliphatic rings. The molecule has 1 atom stereocenters. The van der Waals surface area contributed by atoms with Gasteiger partial charge in [-0.25, -0.2) is 4.79 Å². The summed E-state index contributed by atoms with van der Waals surface area (Å²) in [6.45, 7) is 0.763. The SMILES string of the molecule is CCOC(=O)C1(C(F)(F)F)OC1(F)F. The second-order valence-electron chi connectivity index (χ2n) is 2.52. The summed E-state index contributed by atoms with van der Waals surface area (Å²) in [7, 11) is 0. The molecular weight excluding hydrogens is 215 g/mol. The Labute approximate surface area is 74.8 Å². The van der Waals surface area contributed by atoms with Gasteiger partial charge in [0.15, 0.2) is 0 Å². The predicted molar refractivity (Wildman–Crippen MR) is 31.5 cm³/mol. The van der Waals surface area contributed by atoms with Gasteiger partial charge in [-0.2, -0.15) is 22.0 Å². The van der Waals surface area contributed by atoms with Gasteiger partial charge >= 0.3 is 23.9 Å². The van der Waals surface area contributed by atoms with E-state index >= 15 is 0 Å². The third-order valence-corrected chi connectivity index (χ3v) is 1.61. The number of rotatable bonds is 2. The van der Waals surface area contributed by atoms with Crippen LogP contribution in [0.3, 0.4) is 0 Å². The van der Waals surface area contributed by atoms with E-state index < -0.39 is 30.5 Å². The van der Waals surface area contributed by atoms with Gasteiger partial charge in [-0.1, -0.05) is 0 Å². The number of alkyl halides is 5. The Morgan fingerprint density at radius 2 is 1.86 bits per heavy atom. The average Bonchev–Trinajstić information content (AvgIpc) is 2.54. The molecule has 0 saturated carbocycles. The molecule has 82 valence electrons. The van der Waals surface area contributed by atoms with Crippen molar-refractivity contribution in [2.75, 3.05) is 6.61 Å². The molecule has 0 amide bonds. The highest BCUT2D eigenvalue weighted by Gasteiger charge is 2.93. The fourth-order valence-corrected chi connectivity index (χ4v) is 0.899. The Morgan fingerprint density at radius 1 is 1.43 bits per heavy atom. The lowest BCUT2D eigenvalue weighted by Crippen LogP contribution is -2.45. The first kappa shape index (κ1) is 11.2. The zero-order valence-electron chi connectivity index (χ0n) is 6.82. The number of halogens is 5. The third-order valence-electron chi connectivity index (χ3n) is 1.61. The van der Waals surface area contributed by atoms with Gasteiger partial charge in [0.25, 0.3) is 0 Å². The van der Waals surface area contributed by atoms with Crippen molar-refractivity contribution in [1.82, 2.24) is 0 Å². The molecule has 1 saturated heterocycles. The minimum Gasteiger partial charge on any atom is -0.463 e. The average molecular weight is 220 g/mol. The molecule has 1 rings (SSSR count). The molecule has 0 spiro atoms. The zero-order chi connectivity index (χ0) is 11.2. The molecule has 1 fully saturated rings. The molecule has 0 N–H and O–H groups in total. The molecule has 0 aliphatic carbocycles. The Kier molecular flexibility index (Phi) is 2.22. The summed E-state index contributed by atoms with van der Waals surface area (Å²) < 4.78 is 67.7. The summed E-state index contributed by atoms with van der Waals surface area (Å²) in [4.78, 5) is 10.6. The molecule has 3 nitrogen and oxygen atoms in total. The number of ether oxygens (including phenoxy) is 2. The van der Waals surface area contributed by atoms with Gasteiger partial charge in [-0.15, -0.1) is 0 Å². The van der Waals surface area contributed by atoms with Crippen molar-refractivity contribution in [3.8, 4) is 0 Å². The number of esters is 1. The van der Waals surface area contributed by atoms with E-state index in [0.717, 1.165) is 0 Å². The van der Waals surface area contributed by atoms with Crippen LogP contribution in [0, 0.1) is 0 Å². The van der Waals surface area contributed by atoms with Crippen LogP contribution in [0.15, 0.2) is 0 Å². The topological polar surface area (TPSA) is 38.8 Å². The molecule has 1 aliphatic heterocycles. The van der Waals surface area contributed by atoms with Crippen molar-refractivity contribution in [3.63, 3.8) is 0 Å². The maximum atomic E-state index is 12.3. The van der Waals surface area contributed by atoms with Crippen molar-refractivity contribution in [2.45, 2.75) is 24.8 Å². The lowest BCUT2D eigenvalue weighted by molar-refractivity contribution is -0.207. The van der Waals surface area contributed by atoms with Crippen LogP contribution in [0.1, 0.15) is 6.92 Å². The first-order chi connectivity index (χ1) is 6.19. The third kappa shape index (κ3) is 1.24. The van der Waals surface area contributed by atoms with E-state index in [1.807, 2.05) is 0 Å². The molecular formula is C6H5F5O3. The molecule has 0 aromatic carbocycles. The Bertz CT molecular complexity index is 261. The molecule has 0 aromatic rings. The van der Waals surface area contributed by atoms with E-state index in [2.05, 4.69) is 9.47 Å². The van der Waals surface area contributed by atoms with Crippen molar-refractivity contribution in [3.05, 3.63) is 0 Å². The molecule has 1 unspecified atom stereocenters. The molecule has 8 heteroatoms. The van der Waals surface area contributed by atoms with Crippen molar-refractivity contribution in [2.24, 2.45) is 0 Å². The molecule has 0 aromatic heterocycles. The summed E-state index contributed by atoms with van der Waals surface area (Å²) in [6.07, 6.45) is -10.0. The number of carbonyl (C=O) groups excluding carboxylic acids is 1. The lowest BCUT2D eigenvalue weighted by Gasteiger charge is -2.13. The van der Waals surface area contributed by atoms with Crippen LogP contribution in [-0.4, -0.2) is 30.5 Å². The maximum absolute atomic E-state index is 12.3. The van der Waals surface area contributed by atoms with Crippen LogP contribution >= 0.6 is 0 Å². The van der Waals surface area contributed by atoms with Crippen molar-refractivity contribution in [1.29, 1.82) is 0 Å². The van der Waals surface area contributed by atoms with Gasteiger partial charge in [0, 0.05) is 0 Å². The first-order valence-corrected chi connectivity index (χ1v) is 3.51. The minimum absolute atomic E-state index is 0.434.